The summed E-state index contributed by atoms with van der Waals surface area (Å²) in [7, 11) is 0. The Morgan fingerprint density at radius 2 is 2.15 bits per heavy atom. The number of hydrogen-bond donors (Lipinski definition) is 1. The SMILES string of the molecule is CC(O)CC1CCCN1Cc1cccc(C(F)(F)F)c1. The molecule has 1 heterocycles. The molecule has 2 nitrogen and oxygen atoms in total. The Morgan fingerprint density at radius 1 is 1.40 bits per heavy atom. The van der Waals surface area contributed by atoms with Crippen LogP contribution < -0.4 is 0 Å². The molecule has 0 saturated carbocycles. The summed E-state index contributed by atoms with van der Waals surface area (Å²) in [4.78, 5) is 2.17. The molecule has 2 rings (SSSR count). The van der Waals surface area contributed by atoms with Gasteiger partial charge in [0, 0.05) is 12.6 Å². The van der Waals surface area contributed by atoms with E-state index in [1.807, 2.05) is 0 Å². The Morgan fingerprint density at radius 3 is 2.80 bits per heavy atom. The van der Waals surface area contributed by atoms with Gasteiger partial charge in [0.05, 0.1) is 11.7 Å². The molecule has 1 saturated heterocycles. The van der Waals surface area contributed by atoms with Crippen LogP contribution in [-0.2, 0) is 12.7 Å². The maximum Gasteiger partial charge on any atom is 0.416 e. The van der Waals surface area contributed by atoms with E-state index >= 15 is 0 Å². The molecule has 0 amide bonds. The van der Waals surface area contributed by atoms with Gasteiger partial charge < -0.3 is 5.11 Å². The zero-order chi connectivity index (χ0) is 14.8. The second-order valence-electron chi connectivity index (χ2n) is 5.55. The Hall–Kier alpha value is -1.07. The number of aliphatic hydroxyl groups excluding tert-OH is 1. The first-order valence-electron chi connectivity index (χ1n) is 6.94. The summed E-state index contributed by atoms with van der Waals surface area (Å²) in [5.74, 6) is 0. The highest BCUT2D eigenvalue weighted by atomic mass is 19.4. The summed E-state index contributed by atoms with van der Waals surface area (Å²) >= 11 is 0. The topological polar surface area (TPSA) is 23.5 Å². The number of alkyl halides is 3. The number of benzene rings is 1. The first kappa shape index (κ1) is 15.3. The van der Waals surface area contributed by atoms with Gasteiger partial charge in [-0.1, -0.05) is 18.2 Å². The normalized spacial score (nSPS) is 22.1. The van der Waals surface area contributed by atoms with Gasteiger partial charge in [0.2, 0.25) is 0 Å². The van der Waals surface area contributed by atoms with Crippen molar-refractivity contribution in [1.82, 2.24) is 4.90 Å². The van der Waals surface area contributed by atoms with Gasteiger partial charge in [-0.05, 0) is 44.4 Å². The second-order valence-corrected chi connectivity index (χ2v) is 5.55. The van der Waals surface area contributed by atoms with E-state index < -0.39 is 11.7 Å². The van der Waals surface area contributed by atoms with Crippen LogP contribution in [0.2, 0.25) is 0 Å². The number of nitrogens with zero attached hydrogens (tertiary/aromatic N) is 1. The molecule has 1 aliphatic heterocycles. The van der Waals surface area contributed by atoms with Gasteiger partial charge in [-0.3, -0.25) is 4.90 Å². The predicted molar refractivity (Wildman–Crippen MR) is 71.2 cm³/mol. The lowest BCUT2D eigenvalue weighted by atomic mass is 10.1. The fraction of sp³-hybridized carbons (Fsp3) is 0.600. The van der Waals surface area contributed by atoms with Gasteiger partial charge in [0.25, 0.3) is 0 Å². The lowest BCUT2D eigenvalue weighted by Crippen LogP contribution is -2.31. The fourth-order valence-corrected chi connectivity index (χ4v) is 2.84. The van der Waals surface area contributed by atoms with Crippen molar-refractivity contribution < 1.29 is 18.3 Å². The molecule has 1 aromatic rings. The van der Waals surface area contributed by atoms with E-state index in [1.54, 1.807) is 13.0 Å². The van der Waals surface area contributed by atoms with Gasteiger partial charge in [0.1, 0.15) is 0 Å². The summed E-state index contributed by atoms with van der Waals surface area (Å²) in [6.45, 7) is 3.15. The van der Waals surface area contributed by atoms with E-state index in [9.17, 15) is 18.3 Å². The molecule has 0 radical (unpaired) electrons. The zero-order valence-electron chi connectivity index (χ0n) is 11.5. The van der Waals surface area contributed by atoms with E-state index in [2.05, 4.69) is 4.90 Å². The summed E-state index contributed by atoms with van der Waals surface area (Å²) in [6.07, 6.45) is -1.94. The average molecular weight is 287 g/mol. The third-order valence-electron chi connectivity index (χ3n) is 3.75. The minimum atomic E-state index is -4.29. The number of likely N-dealkylation sites (tertiary alicyclic amines) is 1. The molecule has 1 aromatic carbocycles. The minimum absolute atomic E-state index is 0.268. The van der Waals surface area contributed by atoms with Gasteiger partial charge in [-0.25, -0.2) is 0 Å². The predicted octanol–water partition coefficient (Wildman–Crippen LogP) is 3.44. The van der Waals surface area contributed by atoms with Crippen LogP contribution >= 0.6 is 0 Å². The minimum Gasteiger partial charge on any atom is -0.393 e. The van der Waals surface area contributed by atoms with Crippen LogP contribution in [0, 0.1) is 0 Å². The van der Waals surface area contributed by atoms with Gasteiger partial charge in [-0.2, -0.15) is 13.2 Å². The van der Waals surface area contributed by atoms with Gasteiger partial charge in [0.15, 0.2) is 0 Å². The molecule has 1 aliphatic rings. The standard InChI is InChI=1S/C15H20F3NO/c1-11(20)8-14-6-3-7-19(14)10-12-4-2-5-13(9-12)15(16,17)18/h2,4-5,9,11,14,20H,3,6-8,10H2,1H3. The van der Waals surface area contributed by atoms with Crippen molar-refractivity contribution in [3.8, 4) is 0 Å². The van der Waals surface area contributed by atoms with Crippen LogP contribution in [0.5, 0.6) is 0 Å². The lowest BCUT2D eigenvalue weighted by Gasteiger charge is -2.25. The maximum absolute atomic E-state index is 12.7. The van der Waals surface area contributed by atoms with Crippen LogP contribution in [0.3, 0.4) is 0 Å². The van der Waals surface area contributed by atoms with E-state index in [0.29, 0.717) is 18.5 Å². The van der Waals surface area contributed by atoms with E-state index in [4.69, 9.17) is 0 Å². The summed E-state index contributed by atoms with van der Waals surface area (Å²) < 4.78 is 38.1. The molecule has 0 bridgehead atoms. The van der Waals surface area contributed by atoms with E-state index in [0.717, 1.165) is 25.5 Å². The lowest BCUT2D eigenvalue weighted by molar-refractivity contribution is -0.137. The molecular formula is C15H20F3NO. The Labute approximate surface area is 117 Å². The van der Waals surface area contributed by atoms with Crippen molar-refractivity contribution in [1.29, 1.82) is 0 Å². The third kappa shape index (κ3) is 3.96. The Bertz CT molecular complexity index is 445. The van der Waals surface area contributed by atoms with Crippen molar-refractivity contribution in [3.63, 3.8) is 0 Å². The van der Waals surface area contributed by atoms with Crippen molar-refractivity contribution in [2.45, 2.75) is 51.1 Å². The molecule has 20 heavy (non-hydrogen) atoms. The van der Waals surface area contributed by atoms with Crippen LogP contribution in [0.15, 0.2) is 24.3 Å². The first-order chi connectivity index (χ1) is 9.36. The molecule has 0 aliphatic carbocycles. The zero-order valence-corrected chi connectivity index (χ0v) is 11.5. The summed E-state index contributed by atoms with van der Waals surface area (Å²) in [5, 5.41) is 9.47. The summed E-state index contributed by atoms with van der Waals surface area (Å²) in [6, 6.07) is 5.77. The number of halogens is 3. The second kappa shape index (κ2) is 6.14. The first-order valence-corrected chi connectivity index (χ1v) is 6.94. The molecule has 112 valence electrons. The fourth-order valence-electron chi connectivity index (χ4n) is 2.84. The molecule has 0 spiro atoms. The smallest absolute Gasteiger partial charge is 0.393 e. The molecule has 1 fully saturated rings. The largest absolute Gasteiger partial charge is 0.416 e. The van der Waals surface area contributed by atoms with E-state index in [1.165, 1.54) is 12.1 Å². The monoisotopic (exact) mass is 287 g/mol. The highest BCUT2D eigenvalue weighted by Crippen LogP contribution is 2.30. The van der Waals surface area contributed by atoms with Crippen molar-refractivity contribution in [2.75, 3.05) is 6.54 Å². The number of aliphatic hydroxyl groups is 1. The highest BCUT2D eigenvalue weighted by molar-refractivity contribution is 5.25. The van der Waals surface area contributed by atoms with Gasteiger partial charge >= 0.3 is 6.18 Å². The van der Waals surface area contributed by atoms with Crippen LogP contribution in [0.4, 0.5) is 13.2 Å². The molecule has 0 aromatic heterocycles. The third-order valence-corrected chi connectivity index (χ3v) is 3.75. The quantitative estimate of drug-likeness (QED) is 0.917. The van der Waals surface area contributed by atoms with Crippen molar-refractivity contribution in [3.05, 3.63) is 35.4 Å². The van der Waals surface area contributed by atoms with Crippen LogP contribution in [0.25, 0.3) is 0 Å². The number of rotatable bonds is 4. The van der Waals surface area contributed by atoms with Crippen LogP contribution in [0.1, 0.15) is 37.3 Å². The Balaban J connectivity index is 2.06. The molecule has 1 N–H and O–H groups in total. The molecular weight excluding hydrogens is 267 g/mol. The summed E-state index contributed by atoms with van der Waals surface area (Å²) in [5.41, 5.74) is 0.0820. The average Bonchev–Trinajstić information content (AvgIpc) is 2.75. The van der Waals surface area contributed by atoms with Crippen LogP contribution in [-0.4, -0.2) is 28.7 Å². The molecule has 2 unspecified atom stereocenters. The number of hydrogen-bond acceptors (Lipinski definition) is 2. The maximum atomic E-state index is 12.7. The van der Waals surface area contributed by atoms with Gasteiger partial charge in [-0.15, -0.1) is 0 Å². The van der Waals surface area contributed by atoms with Crippen molar-refractivity contribution >= 4 is 0 Å². The van der Waals surface area contributed by atoms with Crippen molar-refractivity contribution in [2.24, 2.45) is 0 Å². The van der Waals surface area contributed by atoms with E-state index in [-0.39, 0.29) is 12.1 Å². The highest BCUT2D eigenvalue weighted by Gasteiger charge is 2.31. The Kier molecular flexibility index (Phi) is 4.70. The molecule has 2 atom stereocenters. The molecule has 5 heteroatoms.